The van der Waals surface area contributed by atoms with E-state index in [1.807, 2.05) is 6.07 Å². The molecule has 0 fully saturated rings. The van der Waals surface area contributed by atoms with Gasteiger partial charge in [0, 0.05) is 19.5 Å². The van der Waals surface area contributed by atoms with Crippen LogP contribution >= 0.6 is 0 Å². The van der Waals surface area contributed by atoms with Crippen LogP contribution in [0.1, 0.15) is 74.9 Å². The Kier molecular flexibility index (Phi) is 9.10. The van der Waals surface area contributed by atoms with Crippen LogP contribution in [-0.2, 0) is 27.7 Å². The molecule has 206 valence electrons. The van der Waals surface area contributed by atoms with Gasteiger partial charge in [0.15, 0.2) is 0 Å². The Morgan fingerprint density at radius 2 is 1.42 bits per heavy atom. The minimum atomic E-state index is -1.53. The number of nitrogens with one attached hydrogen (secondary N) is 3. The highest BCUT2D eigenvalue weighted by Gasteiger charge is 2.37. The fourth-order valence-corrected chi connectivity index (χ4v) is 3.34. The lowest BCUT2D eigenvalue weighted by molar-refractivity contribution is -0.127. The van der Waals surface area contributed by atoms with E-state index in [9.17, 15) is 24.0 Å². The molecule has 0 radical (unpaired) electrons. The molecule has 1 aromatic heterocycles. The van der Waals surface area contributed by atoms with Crippen LogP contribution in [0.25, 0.3) is 0 Å². The first kappa shape index (κ1) is 30.1. The van der Waals surface area contributed by atoms with Crippen molar-refractivity contribution in [1.29, 1.82) is 0 Å². The van der Waals surface area contributed by atoms with Gasteiger partial charge in [0.25, 0.3) is 17.4 Å². The molecule has 0 aliphatic rings. The molecule has 0 bridgehead atoms. The lowest BCUT2D eigenvalue weighted by Gasteiger charge is -2.31. The van der Waals surface area contributed by atoms with Crippen LogP contribution in [0.4, 0.5) is 4.79 Å². The number of nitrogens with zero attached hydrogens (tertiary/aromatic N) is 1. The minimum Gasteiger partial charge on any atom is -0.456 e. The zero-order chi connectivity index (χ0) is 28.9. The van der Waals surface area contributed by atoms with Crippen molar-refractivity contribution in [2.45, 2.75) is 71.6 Å². The van der Waals surface area contributed by atoms with E-state index in [4.69, 9.17) is 9.47 Å². The standard InChI is InChI=1S/C27H36N4O7/c1-25(2,3)37-22(34)18-14-19(31(8)20(32)15-18)21(33)29-30-23(35)27(7,16-17-12-10-9-11-13-17)28-24(36)38-26(4,5)6/h9-15H,16H2,1-8H3,(H,28,36)(H,29,33)(H,30,35). The topological polar surface area (TPSA) is 145 Å². The summed E-state index contributed by atoms with van der Waals surface area (Å²) in [6.07, 6.45) is -0.730. The zero-order valence-corrected chi connectivity index (χ0v) is 23.1. The van der Waals surface area contributed by atoms with Gasteiger partial charge in [0.1, 0.15) is 22.4 Å². The Morgan fingerprint density at radius 3 is 1.97 bits per heavy atom. The maximum atomic E-state index is 13.3. The third-order valence-electron chi connectivity index (χ3n) is 5.10. The number of ether oxygens (including phenoxy) is 2. The first-order valence-corrected chi connectivity index (χ1v) is 12.0. The number of pyridine rings is 1. The number of alkyl carbamates (subject to hydrolysis) is 1. The molecule has 2 rings (SSSR count). The zero-order valence-electron chi connectivity index (χ0n) is 23.1. The second-order valence-corrected chi connectivity index (χ2v) is 11.1. The van der Waals surface area contributed by atoms with Crippen LogP contribution in [-0.4, -0.2) is 45.2 Å². The molecule has 1 heterocycles. The third-order valence-corrected chi connectivity index (χ3v) is 5.10. The Morgan fingerprint density at radius 1 is 0.842 bits per heavy atom. The fraction of sp³-hybridized carbons (Fsp3) is 0.444. The average Bonchev–Trinajstić information content (AvgIpc) is 2.76. The van der Waals surface area contributed by atoms with Crippen molar-refractivity contribution in [2.75, 3.05) is 0 Å². The second kappa shape index (κ2) is 11.5. The van der Waals surface area contributed by atoms with Crippen molar-refractivity contribution in [3.8, 4) is 0 Å². The highest BCUT2D eigenvalue weighted by atomic mass is 16.6. The third kappa shape index (κ3) is 8.75. The molecule has 0 saturated heterocycles. The molecular formula is C27H36N4O7. The predicted octanol–water partition coefficient (Wildman–Crippen LogP) is 2.63. The Hall–Kier alpha value is -4.15. The summed E-state index contributed by atoms with van der Waals surface area (Å²) in [5, 5.41) is 2.59. The van der Waals surface area contributed by atoms with E-state index < -0.39 is 46.2 Å². The Bertz CT molecular complexity index is 1260. The quantitative estimate of drug-likeness (QED) is 0.386. The lowest BCUT2D eigenvalue weighted by atomic mass is 9.92. The summed E-state index contributed by atoms with van der Waals surface area (Å²) < 4.78 is 11.6. The van der Waals surface area contributed by atoms with E-state index >= 15 is 0 Å². The maximum Gasteiger partial charge on any atom is 0.408 e. The number of esters is 1. The van der Waals surface area contributed by atoms with Gasteiger partial charge in [-0.3, -0.25) is 25.2 Å². The van der Waals surface area contributed by atoms with E-state index in [1.54, 1.807) is 65.8 Å². The molecule has 38 heavy (non-hydrogen) atoms. The summed E-state index contributed by atoms with van der Waals surface area (Å²) in [5.41, 5.74) is 1.25. The second-order valence-electron chi connectivity index (χ2n) is 11.1. The van der Waals surface area contributed by atoms with E-state index in [0.29, 0.717) is 0 Å². The van der Waals surface area contributed by atoms with Gasteiger partial charge in [-0.25, -0.2) is 9.59 Å². The highest BCUT2D eigenvalue weighted by molar-refractivity contribution is 5.98. The molecule has 1 atom stereocenters. The number of hydrogen-bond donors (Lipinski definition) is 3. The lowest BCUT2D eigenvalue weighted by Crippen LogP contribution is -2.61. The van der Waals surface area contributed by atoms with Crippen molar-refractivity contribution in [1.82, 2.24) is 20.7 Å². The van der Waals surface area contributed by atoms with Crippen molar-refractivity contribution >= 4 is 23.9 Å². The number of hydrogen-bond acceptors (Lipinski definition) is 7. The van der Waals surface area contributed by atoms with Crippen LogP contribution in [0.15, 0.2) is 47.3 Å². The van der Waals surface area contributed by atoms with Gasteiger partial charge in [-0.1, -0.05) is 30.3 Å². The summed E-state index contributed by atoms with van der Waals surface area (Å²) in [5.74, 6) is -2.37. The SMILES string of the molecule is Cn1c(C(=O)NNC(=O)C(C)(Cc2ccccc2)NC(=O)OC(C)(C)C)cc(C(=O)OC(C)(C)C)cc1=O. The van der Waals surface area contributed by atoms with Crippen LogP contribution in [0.3, 0.4) is 0 Å². The first-order chi connectivity index (χ1) is 17.4. The van der Waals surface area contributed by atoms with Crippen molar-refractivity contribution in [2.24, 2.45) is 7.05 Å². The fourth-order valence-electron chi connectivity index (χ4n) is 3.34. The molecule has 11 heteroatoms. The molecule has 3 N–H and O–H groups in total. The van der Waals surface area contributed by atoms with Crippen LogP contribution in [0, 0.1) is 0 Å². The van der Waals surface area contributed by atoms with Crippen molar-refractivity contribution < 1.29 is 28.7 Å². The predicted molar refractivity (Wildman–Crippen MR) is 140 cm³/mol. The van der Waals surface area contributed by atoms with E-state index in [2.05, 4.69) is 16.2 Å². The molecule has 1 unspecified atom stereocenters. The van der Waals surface area contributed by atoms with Gasteiger partial charge in [-0.15, -0.1) is 0 Å². The summed E-state index contributed by atoms with van der Waals surface area (Å²) >= 11 is 0. The molecule has 11 nitrogen and oxygen atoms in total. The van der Waals surface area contributed by atoms with E-state index in [1.165, 1.54) is 20.0 Å². The molecule has 0 saturated carbocycles. The van der Waals surface area contributed by atoms with Gasteiger partial charge in [-0.2, -0.15) is 0 Å². The molecule has 3 amide bonds. The number of hydrazine groups is 1. The molecule has 1 aromatic carbocycles. The number of carbonyl (C=O) groups excluding carboxylic acids is 4. The number of amides is 3. The van der Waals surface area contributed by atoms with Crippen LogP contribution < -0.4 is 21.7 Å². The van der Waals surface area contributed by atoms with Gasteiger partial charge in [0.2, 0.25) is 0 Å². The van der Waals surface area contributed by atoms with Gasteiger partial charge in [0.05, 0.1) is 5.56 Å². The van der Waals surface area contributed by atoms with Crippen molar-refractivity contribution in [3.05, 3.63) is 69.6 Å². The average molecular weight is 529 g/mol. The summed E-state index contributed by atoms with van der Waals surface area (Å²) in [7, 11) is 1.35. The van der Waals surface area contributed by atoms with Crippen LogP contribution in [0.2, 0.25) is 0 Å². The summed E-state index contributed by atoms with van der Waals surface area (Å²) in [6, 6.07) is 11.2. The number of benzene rings is 1. The minimum absolute atomic E-state index is 0.0847. The molecular weight excluding hydrogens is 492 g/mol. The monoisotopic (exact) mass is 528 g/mol. The Labute approximate surface area is 221 Å². The van der Waals surface area contributed by atoms with E-state index in [-0.39, 0.29) is 17.7 Å². The first-order valence-electron chi connectivity index (χ1n) is 12.0. The number of rotatable bonds is 6. The smallest absolute Gasteiger partial charge is 0.408 e. The largest absolute Gasteiger partial charge is 0.456 e. The molecule has 0 aliphatic heterocycles. The van der Waals surface area contributed by atoms with Crippen molar-refractivity contribution in [3.63, 3.8) is 0 Å². The Balaban J connectivity index is 2.26. The van der Waals surface area contributed by atoms with E-state index in [0.717, 1.165) is 16.2 Å². The molecule has 0 spiro atoms. The number of carbonyl (C=O) groups is 4. The highest BCUT2D eigenvalue weighted by Crippen LogP contribution is 2.16. The normalized spacial score (nSPS) is 13.1. The van der Waals surface area contributed by atoms with Gasteiger partial charge < -0.3 is 19.4 Å². The maximum absolute atomic E-state index is 13.3. The van der Waals surface area contributed by atoms with Crippen LogP contribution in [0.5, 0.6) is 0 Å². The summed E-state index contributed by atoms with van der Waals surface area (Å²) in [4.78, 5) is 63.6. The molecule has 0 aliphatic carbocycles. The molecule has 2 aromatic rings. The van der Waals surface area contributed by atoms with Gasteiger partial charge >= 0.3 is 12.1 Å². The number of aromatic nitrogens is 1. The van der Waals surface area contributed by atoms with Gasteiger partial charge in [-0.05, 0) is 60.1 Å². The summed E-state index contributed by atoms with van der Waals surface area (Å²) in [6.45, 7) is 11.6.